The molecule has 2 aliphatic rings. The molecule has 0 bridgehead atoms. The summed E-state index contributed by atoms with van der Waals surface area (Å²) in [5.41, 5.74) is 0. The SMILES string of the molecule is CC1CCN(C(C)CC2CCCCN2)CC1O. The smallest absolute Gasteiger partial charge is 0.0693 e. The zero-order chi connectivity index (χ0) is 12.3. The number of nitrogens with zero attached hydrogens (tertiary/aromatic N) is 1. The third-order valence-corrected chi connectivity index (χ3v) is 4.61. The minimum Gasteiger partial charge on any atom is -0.392 e. The number of rotatable bonds is 3. The zero-order valence-electron chi connectivity index (χ0n) is 11.4. The Balaban J connectivity index is 1.77. The molecule has 100 valence electrons. The van der Waals surface area contributed by atoms with Crippen molar-refractivity contribution >= 4 is 0 Å². The largest absolute Gasteiger partial charge is 0.392 e. The maximum Gasteiger partial charge on any atom is 0.0693 e. The average molecular weight is 240 g/mol. The number of β-amino-alcohol motifs (C(OH)–C–C–N with tert-alkyl or cyclic N) is 1. The molecule has 0 amide bonds. The number of hydrogen-bond donors (Lipinski definition) is 2. The molecule has 4 unspecified atom stereocenters. The third kappa shape index (κ3) is 3.67. The van der Waals surface area contributed by atoms with E-state index in [2.05, 4.69) is 24.1 Å². The summed E-state index contributed by atoms with van der Waals surface area (Å²) >= 11 is 0. The normalized spacial score (nSPS) is 37.9. The van der Waals surface area contributed by atoms with Gasteiger partial charge in [-0.2, -0.15) is 0 Å². The lowest BCUT2D eigenvalue weighted by Crippen LogP contribution is -2.49. The van der Waals surface area contributed by atoms with E-state index in [0.717, 1.165) is 19.5 Å². The lowest BCUT2D eigenvalue weighted by molar-refractivity contribution is 0.00949. The van der Waals surface area contributed by atoms with E-state index in [4.69, 9.17) is 0 Å². The van der Waals surface area contributed by atoms with Gasteiger partial charge in [0, 0.05) is 18.6 Å². The van der Waals surface area contributed by atoms with Crippen molar-refractivity contribution in [2.24, 2.45) is 5.92 Å². The molecule has 2 fully saturated rings. The summed E-state index contributed by atoms with van der Waals surface area (Å²) in [5, 5.41) is 13.6. The van der Waals surface area contributed by atoms with E-state index in [-0.39, 0.29) is 6.10 Å². The molecule has 2 N–H and O–H groups in total. The van der Waals surface area contributed by atoms with Crippen LogP contribution in [0.1, 0.15) is 46.0 Å². The molecule has 0 aromatic heterocycles. The van der Waals surface area contributed by atoms with Gasteiger partial charge >= 0.3 is 0 Å². The van der Waals surface area contributed by atoms with Gasteiger partial charge in [-0.1, -0.05) is 13.3 Å². The standard InChI is InChI=1S/C14H28N2O/c1-11-6-8-16(10-14(11)17)12(2)9-13-5-3-4-7-15-13/h11-15,17H,3-10H2,1-2H3. The molecule has 2 rings (SSSR count). The van der Waals surface area contributed by atoms with Gasteiger partial charge in [0.2, 0.25) is 0 Å². The van der Waals surface area contributed by atoms with E-state index in [0.29, 0.717) is 18.0 Å². The van der Waals surface area contributed by atoms with Gasteiger partial charge in [0.1, 0.15) is 0 Å². The first-order chi connectivity index (χ1) is 8.16. The minimum atomic E-state index is -0.120. The second-order valence-corrected chi connectivity index (χ2v) is 6.06. The maximum atomic E-state index is 9.95. The molecule has 4 atom stereocenters. The second-order valence-electron chi connectivity index (χ2n) is 6.06. The van der Waals surface area contributed by atoms with Crippen molar-refractivity contribution in [1.29, 1.82) is 0 Å². The van der Waals surface area contributed by atoms with Gasteiger partial charge in [0.15, 0.2) is 0 Å². The number of aliphatic hydroxyl groups is 1. The molecule has 17 heavy (non-hydrogen) atoms. The fourth-order valence-corrected chi connectivity index (χ4v) is 3.16. The van der Waals surface area contributed by atoms with Crippen molar-refractivity contribution in [3.05, 3.63) is 0 Å². The van der Waals surface area contributed by atoms with Crippen LogP contribution in [-0.4, -0.2) is 47.8 Å². The lowest BCUT2D eigenvalue weighted by Gasteiger charge is -2.39. The van der Waals surface area contributed by atoms with Gasteiger partial charge in [-0.05, 0) is 51.6 Å². The second kappa shape index (κ2) is 6.17. The van der Waals surface area contributed by atoms with E-state index in [1.807, 2.05) is 0 Å². The highest BCUT2D eigenvalue weighted by molar-refractivity contribution is 4.84. The van der Waals surface area contributed by atoms with Gasteiger partial charge in [-0.3, -0.25) is 4.90 Å². The van der Waals surface area contributed by atoms with Crippen molar-refractivity contribution in [3.8, 4) is 0 Å². The maximum absolute atomic E-state index is 9.95. The van der Waals surface area contributed by atoms with Crippen molar-refractivity contribution < 1.29 is 5.11 Å². The Morgan fingerprint density at radius 3 is 2.82 bits per heavy atom. The molecular weight excluding hydrogens is 212 g/mol. The number of likely N-dealkylation sites (tertiary alicyclic amines) is 1. The first kappa shape index (κ1) is 13.3. The Hall–Kier alpha value is -0.120. The van der Waals surface area contributed by atoms with Crippen LogP contribution in [-0.2, 0) is 0 Å². The van der Waals surface area contributed by atoms with E-state index in [1.54, 1.807) is 0 Å². The highest BCUT2D eigenvalue weighted by atomic mass is 16.3. The molecule has 3 nitrogen and oxygen atoms in total. The highest BCUT2D eigenvalue weighted by Gasteiger charge is 2.28. The van der Waals surface area contributed by atoms with Gasteiger partial charge in [0.05, 0.1) is 6.10 Å². The van der Waals surface area contributed by atoms with Crippen molar-refractivity contribution in [2.75, 3.05) is 19.6 Å². The Kier molecular flexibility index (Phi) is 4.83. The fourth-order valence-electron chi connectivity index (χ4n) is 3.16. The summed E-state index contributed by atoms with van der Waals surface area (Å²) in [6.45, 7) is 7.70. The van der Waals surface area contributed by atoms with Crippen LogP contribution in [0.3, 0.4) is 0 Å². The molecule has 2 saturated heterocycles. The lowest BCUT2D eigenvalue weighted by atomic mass is 9.92. The molecule has 0 spiro atoms. The topological polar surface area (TPSA) is 35.5 Å². The Morgan fingerprint density at radius 1 is 1.35 bits per heavy atom. The van der Waals surface area contributed by atoms with Crippen LogP contribution >= 0.6 is 0 Å². The molecule has 2 heterocycles. The van der Waals surface area contributed by atoms with Crippen molar-refractivity contribution in [1.82, 2.24) is 10.2 Å². The van der Waals surface area contributed by atoms with Crippen LogP contribution in [0.4, 0.5) is 0 Å². The Labute approximate surface area is 106 Å². The summed E-state index contributed by atoms with van der Waals surface area (Å²) in [4.78, 5) is 2.47. The molecule has 0 aromatic carbocycles. The van der Waals surface area contributed by atoms with Crippen LogP contribution in [0.15, 0.2) is 0 Å². The number of piperidine rings is 2. The summed E-state index contributed by atoms with van der Waals surface area (Å²) in [6.07, 6.45) is 6.31. The number of nitrogens with one attached hydrogen (secondary N) is 1. The average Bonchev–Trinajstić information content (AvgIpc) is 2.34. The summed E-state index contributed by atoms with van der Waals surface area (Å²) in [7, 11) is 0. The first-order valence-electron chi connectivity index (χ1n) is 7.32. The Morgan fingerprint density at radius 2 is 2.18 bits per heavy atom. The van der Waals surface area contributed by atoms with Crippen molar-refractivity contribution in [3.63, 3.8) is 0 Å². The van der Waals surface area contributed by atoms with Gasteiger partial charge in [-0.25, -0.2) is 0 Å². The van der Waals surface area contributed by atoms with Gasteiger partial charge < -0.3 is 10.4 Å². The molecule has 0 aromatic rings. The molecule has 2 aliphatic heterocycles. The fraction of sp³-hybridized carbons (Fsp3) is 1.00. The van der Waals surface area contributed by atoms with E-state index >= 15 is 0 Å². The van der Waals surface area contributed by atoms with Crippen LogP contribution in [0.5, 0.6) is 0 Å². The predicted octanol–water partition coefficient (Wildman–Crippen LogP) is 1.61. The Bertz CT molecular complexity index is 228. The summed E-state index contributed by atoms with van der Waals surface area (Å²) in [5.74, 6) is 0.478. The van der Waals surface area contributed by atoms with Gasteiger partial charge in [-0.15, -0.1) is 0 Å². The highest BCUT2D eigenvalue weighted by Crippen LogP contribution is 2.22. The predicted molar refractivity (Wildman–Crippen MR) is 71.1 cm³/mol. The zero-order valence-corrected chi connectivity index (χ0v) is 11.4. The van der Waals surface area contributed by atoms with Crippen LogP contribution in [0, 0.1) is 5.92 Å². The van der Waals surface area contributed by atoms with Crippen LogP contribution in [0.2, 0.25) is 0 Å². The van der Waals surface area contributed by atoms with E-state index in [1.165, 1.54) is 32.2 Å². The third-order valence-electron chi connectivity index (χ3n) is 4.61. The molecule has 0 saturated carbocycles. The summed E-state index contributed by atoms with van der Waals surface area (Å²) in [6, 6.07) is 1.31. The van der Waals surface area contributed by atoms with E-state index in [9.17, 15) is 5.11 Å². The monoisotopic (exact) mass is 240 g/mol. The van der Waals surface area contributed by atoms with E-state index < -0.39 is 0 Å². The first-order valence-corrected chi connectivity index (χ1v) is 7.32. The number of hydrogen-bond acceptors (Lipinski definition) is 3. The van der Waals surface area contributed by atoms with Gasteiger partial charge in [0.25, 0.3) is 0 Å². The minimum absolute atomic E-state index is 0.120. The van der Waals surface area contributed by atoms with Crippen LogP contribution < -0.4 is 5.32 Å². The molecule has 3 heteroatoms. The molecular formula is C14H28N2O. The molecule has 0 radical (unpaired) electrons. The molecule has 0 aliphatic carbocycles. The van der Waals surface area contributed by atoms with Crippen LogP contribution in [0.25, 0.3) is 0 Å². The summed E-state index contributed by atoms with van der Waals surface area (Å²) < 4.78 is 0. The van der Waals surface area contributed by atoms with Crippen molar-refractivity contribution in [2.45, 2.75) is 64.1 Å². The number of aliphatic hydroxyl groups excluding tert-OH is 1. The quantitative estimate of drug-likeness (QED) is 0.787.